The lowest BCUT2D eigenvalue weighted by Crippen LogP contribution is -2.19. The third kappa shape index (κ3) is 7.55. The first-order chi connectivity index (χ1) is 4.95. The summed E-state index contributed by atoms with van der Waals surface area (Å²) < 4.78 is 21.2. The summed E-state index contributed by atoms with van der Waals surface area (Å²) in [5, 5.41) is 9.09. The van der Waals surface area contributed by atoms with Crippen molar-refractivity contribution in [2.24, 2.45) is 0 Å². The molecule has 11 heavy (non-hydrogen) atoms. The highest BCUT2D eigenvalue weighted by molar-refractivity contribution is 7.90. The first-order valence-electron chi connectivity index (χ1n) is 3.42. The van der Waals surface area contributed by atoms with Gasteiger partial charge in [0.2, 0.25) is 0 Å². The molecule has 1 atom stereocenters. The van der Waals surface area contributed by atoms with Crippen LogP contribution in [0.4, 0.5) is 0 Å². The molecule has 66 valence electrons. The fraction of sp³-hybridized carbons (Fsp3) is 0.714. The number of aliphatic hydroxyl groups is 1. The topological polar surface area (TPSA) is 54.4 Å². The Kier molecular flexibility index (Phi) is 4.37. The zero-order valence-corrected chi connectivity index (χ0v) is 7.47. The van der Waals surface area contributed by atoms with E-state index < -0.39 is 15.9 Å². The Hall–Kier alpha value is -0.350. The minimum Gasteiger partial charge on any atom is -0.392 e. The minimum absolute atomic E-state index is 0.152. The van der Waals surface area contributed by atoms with Gasteiger partial charge in [-0.05, 0) is 12.8 Å². The van der Waals surface area contributed by atoms with Crippen molar-refractivity contribution in [3.05, 3.63) is 12.7 Å². The van der Waals surface area contributed by atoms with Gasteiger partial charge >= 0.3 is 0 Å². The van der Waals surface area contributed by atoms with E-state index in [0.29, 0.717) is 12.8 Å². The van der Waals surface area contributed by atoms with Crippen molar-refractivity contribution in [1.82, 2.24) is 0 Å². The average Bonchev–Trinajstić information content (AvgIpc) is 1.79. The SMILES string of the molecule is C=CCCC(O)CS(C)(=O)=O. The van der Waals surface area contributed by atoms with Crippen LogP contribution in [0.3, 0.4) is 0 Å². The van der Waals surface area contributed by atoms with E-state index in [1.165, 1.54) is 0 Å². The molecule has 0 aliphatic carbocycles. The third-order valence-corrected chi connectivity index (χ3v) is 2.19. The van der Waals surface area contributed by atoms with E-state index in [1.54, 1.807) is 6.08 Å². The predicted molar refractivity (Wildman–Crippen MR) is 45.1 cm³/mol. The molecular formula is C7H14O3S. The summed E-state index contributed by atoms with van der Waals surface area (Å²) in [6.07, 6.45) is 3.14. The average molecular weight is 178 g/mol. The van der Waals surface area contributed by atoms with Gasteiger partial charge in [0.05, 0.1) is 11.9 Å². The Morgan fingerprint density at radius 3 is 2.55 bits per heavy atom. The molecule has 0 spiro atoms. The van der Waals surface area contributed by atoms with Crippen molar-refractivity contribution in [3.63, 3.8) is 0 Å². The summed E-state index contributed by atoms with van der Waals surface area (Å²) in [7, 11) is -3.04. The van der Waals surface area contributed by atoms with Crippen LogP contribution < -0.4 is 0 Å². The first kappa shape index (κ1) is 10.7. The molecule has 0 aliphatic heterocycles. The first-order valence-corrected chi connectivity index (χ1v) is 5.48. The molecule has 0 aromatic rings. The molecule has 0 bridgehead atoms. The molecule has 0 fully saturated rings. The van der Waals surface area contributed by atoms with Crippen LogP contribution in [-0.4, -0.2) is 31.6 Å². The summed E-state index contributed by atoms with van der Waals surface area (Å²) in [5.74, 6) is -0.152. The Bertz CT molecular complexity index is 206. The molecule has 4 heteroatoms. The Labute approximate surface area is 67.7 Å². The maximum Gasteiger partial charge on any atom is 0.149 e. The Morgan fingerprint density at radius 2 is 2.18 bits per heavy atom. The van der Waals surface area contributed by atoms with Gasteiger partial charge in [0.15, 0.2) is 0 Å². The molecule has 0 aliphatic rings. The van der Waals surface area contributed by atoms with Crippen LogP contribution in [0.1, 0.15) is 12.8 Å². The molecule has 0 aromatic heterocycles. The second kappa shape index (κ2) is 4.51. The van der Waals surface area contributed by atoms with Crippen LogP contribution in [0.15, 0.2) is 12.7 Å². The fourth-order valence-electron chi connectivity index (χ4n) is 0.743. The van der Waals surface area contributed by atoms with Gasteiger partial charge in [0, 0.05) is 6.26 Å². The Morgan fingerprint density at radius 1 is 1.64 bits per heavy atom. The van der Waals surface area contributed by atoms with Crippen LogP contribution >= 0.6 is 0 Å². The van der Waals surface area contributed by atoms with E-state index in [9.17, 15) is 8.42 Å². The smallest absolute Gasteiger partial charge is 0.149 e. The van der Waals surface area contributed by atoms with Crippen molar-refractivity contribution in [1.29, 1.82) is 0 Å². The molecule has 0 aromatic carbocycles. The van der Waals surface area contributed by atoms with E-state index in [2.05, 4.69) is 6.58 Å². The summed E-state index contributed by atoms with van der Waals surface area (Å²) >= 11 is 0. The second-order valence-electron chi connectivity index (χ2n) is 2.61. The van der Waals surface area contributed by atoms with Gasteiger partial charge in [0.25, 0.3) is 0 Å². The fourth-order valence-corrected chi connectivity index (χ4v) is 1.61. The van der Waals surface area contributed by atoms with E-state index in [1.807, 2.05) is 0 Å². The maximum atomic E-state index is 10.6. The van der Waals surface area contributed by atoms with Crippen LogP contribution in [0.2, 0.25) is 0 Å². The number of aliphatic hydroxyl groups excluding tert-OH is 1. The maximum absolute atomic E-state index is 10.6. The highest BCUT2D eigenvalue weighted by Crippen LogP contribution is 2.00. The lowest BCUT2D eigenvalue weighted by Gasteiger charge is -2.06. The molecule has 3 nitrogen and oxygen atoms in total. The number of allylic oxidation sites excluding steroid dienone is 1. The third-order valence-electron chi connectivity index (χ3n) is 1.20. The van der Waals surface area contributed by atoms with Gasteiger partial charge in [-0.2, -0.15) is 0 Å². The van der Waals surface area contributed by atoms with Gasteiger partial charge in [-0.3, -0.25) is 0 Å². The molecule has 0 rings (SSSR count). The van der Waals surface area contributed by atoms with Crippen molar-refractivity contribution in [2.45, 2.75) is 18.9 Å². The predicted octanol–water partition coefficient (Wildman–Crippen LogP) is 0.358. The van der Waals surface area contributed by atoms with E-state index >= 15 is 0 Å². The van der Waals surface area contributed by atoms with Gasteiger partial charge < -0.3 is 5.11 Å². The normalized spacial score (nSPS) is 14.4. The quantitative estimate of drug-likeness (QED) is 0.618. The number of hydrogen-bond donors (Lipinski definition) is 1. The number of hydrogen-bond acceptors (Lipinski definition) is 3. The minimum atomic E-state index is -3.04. The lowest BCUT2D eigenvalue weighted by molar-refractivity contribution is 0.188. The van der Waals surface area contributed by atoms with Crippen molar-refractivity contribution >= 4 is 9.84 Å². The standard InChI is InChI=1S/C7H14O3S/c1-3-4-5-7(8)6-11(2,9)10/h3,7-8H,1,4-6H2,2H3. The highest BCUT2D eigenvalue weighted by atomic mass is 32.2. The van der Waals surface area contributed by atoms with Gasteiger partial charge in [-0.25, -0.2) is 8.42 Å². The van der Waals surface area contributed by atoms with Crippen LogP contribution in [0.25, 0.3) is 0 Å². The number of sulfone groups is 1. The monoisotopic (exact) mass is 178 g/mol. The Balaban J connectivity index is 3.69. The molecule has 1 N–H and O–H groups in total. The zero-order valence-electron chi connectivity index (χ0n) is 6.66. The lowest BCUT2D eigenvalue weighted by atomic mass is 10.2. The van der Waals surface area contributed by atoms with Crippen molar-refractivity contribution < 1.29 is 13.5 Å². The van der Waals surface area contributed by atoms with Crippen molar-refractivity contribution in [2.75, 3.05) is 12.0 Å². The van der Waals surface area contributed by atoms with E-state index in [-0.39, 0.29) is 5.75 Å². The highest BCUT2D eigenvalue weighted by Gasteiger charge is 2.10. The second-order valence-corrected chi connectivity index (χ2v) is 4.80. The van der Waals surface area contributed by atoms with Crippen LogP contribution in [0, 0.1) is 0 Å². The largest absolute Gasteiger partial charge is 0.392 e. The number of rotatable bonds is 5. The van der Waals surface area contributed by atoms with Gasteiger partial charge in [0.1, 0.15) is 9.84 Å². The molecule has 0 radical (unpaired) electrons. The van der Waals surface area contributed by atoms with Crippen molar-refractivity contribution in [3.8, 4) is 0 Å². The van der Waals surface area contributed by atoms with E-state index in [0.717, 1.165) is 6.26 Å². The molecular weight excluding hydrogens is 164 g/mol. The zero-order chi connectivity index (χ0) is 8.91. The molecule has 0 heterocycles. The van der Waals surface area contributed by atoms with Crippen LogP contribution in [0.5, 0.6) is 0 Å². The van der Waals surface area contributed by atoms with Crippen LogP contribution in [-0.2, 0) is 9.84 Å². The molecule has 1 unspecified atom stereocenters. The summed E-state index contributed by atoms with van der Waals surface area (Å²) in [5.41, 5.74) is 0. The summed E-state index contributed by atoms with van der Waals surface area (Å²) in [6.45, 7) is 3.47. The molecule has 0 saturated heterocycles. The van der Waals surface area contributed by atoms with Gasteiger partial charge in [-0.15, -0.1) is 6.58 Å². The summed E-state index contributed by atoms with van der Waals surface area (Å²) in [4.78, 5) is 0. The molecule has 0 amide bonds. The summed E-state index contributed by atoms with van der Waals surface area (Å²) in [6, 6.07) is 0. The van der Waals surface area contributed by atoms with E-state index in [4.69, 9.17) is 5.11 Å². The molecule has 0 saturated carbocycles. The van der Waals surface area contributed by atoms with Gasteiger partial charge in [-0.1, -0.05) is 6.08 Å².